The van der Waals surface area contributed by atoms with Crippen molar-refractivity contribution in [2.45, 2.75) is 52.9 Å². The number of carbonyl (C=O) groups is 1. The average Bonchev–Trinajstić information content (AvgIpc) is 1.83. The van der Waals surface area contributed by atoms with E-state index in [0.29, 0.717) is 11.8 Å². The minimum absolute atomic E-state index is 0. The standard InChI is InChI=1S/C10H20O2.Ni/c1-10(2,3)8-6-4-5-7-9(11)12;/h4-8H2,1-3H3,(H,11,12);. The molecule has 82 valence electrons. The van der Waals surface area contributed by atoms with E-state index in [-0.39, 0.29) is 16.5 Å². The van der Waals surface area contributed by atoms with Gasteiger partial charge in [0.25, 0.3) is 0 Å². The summed E-state index contributed by atoms with van der Waals surface area (Å²) in [5.74, 6) is -0.675. The van der Waals surface area contributed by atoms with Crippen LogP contribution < -0.4 is 0 Å². The smallest absolute Gasteiger partial charge is 0.303 e. The Morgan fingerprint density at radius 2 is 1.69 bits per heavy atom. The topological polar surface area (TPSA) is 37.3 Å². The molecule has 0 unspecified atom stereocenters. The fourth-order valence-electron chi connectivity index (χ4n) is 1.11. The van der Waals surface area contributed by atoms with E-state index in [1.165, 1.54) is 6.42 Å². The first-order chi connectivity index (χ1) is 5.42. The molecule has 13 heavy (non-hydrogen) atoms. The second-order valence-electron chi connectivity index (χ2n) is 4.52. The molecule has 0 radical (unpaired) electrons. The molecular formula is C10H20NiO2. The fraction of sp³-hybridized carbons (Fsp3) is 0.900. The van der Waals surface area contributed by atoms with Crippen LogP contribution in [0, 0.1) is 5.41 Å². The molecule has 0 saturated carbocycles. The largest absolute Gasteiger partial charge is 0.481 e. The summed E-state index contributed by atoms with van der Waals surface area (Å²) in [6.07, 6.45) is 4.53. The molecule has 0 amide bonds. The van der Waals surface area contributed by atoms with E-state index in [1.807, 2.05) is 0 Å². The van der Waals surface area contributed by atoms with Gasteiger partial charge in [-0.15, -0.1) is 0 Å². The Labute approximate surface area is 91.0 Å². The van der Waals surface area contributed by atoms with Gasteiger partial charge < -0.3 is 5.11 Å². The summed E-state index contributed by atoms with van der Waals surface area (Å²) in [6.45, 7) is 6.64. The number of unbranched alkanes of at least 4 members (excludes halogenated alkanes) is 2. The van der Waals surface area contributed by atoms with Crippen LogP contribution in [0.5, 0.6) is 0 Å². The SMILES string of the molecule is CC(C)(C)CCCCCC(=O)O.[Ni]. The van der Waals surface area contributed by atoms with Crippen molar-refractivity contribution in [1.29, 1.82) is 0 Å². The molecule has 0 heterocycles. The molecule has 1 N–H and O–H groups in total. The van der Waals surface area contributed by atoms with Gasteiger partial charge in [-0.2, -0.15) is 0 Å². The molecule has 0 aliphatic rings. The van der Waals surface area contributed by atoms with Crippen LogP contribution in [0.25, 0.3) is 0 Å². The van der Waals surface area contributed by atoms with Gasteiger partial charge in [-0.3, -0.25) is 4.79 Å². The van der Waals surface area contributed by atoms with Crippen molar-refractivity contribution in [2.75, 3.05) is 0 Å². The predicted molar refractivity (Wildman–Crippen MR) is 50.2 cm³/mol. The van der Waals surface area contributed by atoms with Crippen LogP contribution in [-0.2, 0) is 21.3 Å². The molecule has 3 heteroatoms. The molecule has 2 nitrogen and oxygen atoms in total. The molecule has 0 aliphatic carbocycles. The molecule has 0 rings (SSSR count). The van der Waals surface area contributed by atoms with E-state index >= 15 is 0 Å². The molecule has 0 spiro atoms. The molecule has 0 saturated heterocycles. The first-order valence-corrected chi connectivity index (χ1v) is 4.63. The summed E-state index contributed by atoms with van der Waals surface area (Å²) in [7, 11) is 0. The van der Waals surface area contributed by atoms with E-state index in [9.17, 15) is 4.79 Å². The van der Waals surface area contributed by atoms with Gasteiger partial charge in [-0.05, 0) is 18.3 Å². The Balaban J connectivity index is 0. The van der Waals surface area contributed by atoms with E-state index in [4.69, 9.17) is 5.11 Å². The molecule has 0 fully saturated rings. The Bertz CT molecular complexity index is 138. The summed E-state index contributed by atoms with van der Waals surface area (Å²) < 4.78 is 0. The molecule has 0 bridgehead atoms. The van der Waals surface area contributed by atoms with Gasteiger partial charge in [-0.1, -0.05) is 33.6 Å². The van der Waals surface area contributed by atoms with Gasteiger partial charge in [0, 0.05) is 22.9 Å². The molecule has 0 aromatic carbocycles. The monoisotopic (exact) mass is 230 g/mol. The Morgan fingerprint density at radius 3 is 2.08 bits per heavy atom. The predicted octanol–water partition coefficient (Wildman–Crippen LogP) is 3.07. The van der Waals surface area contributed by atoms with Gasteiger partial charge in [0.1, 0.15) is 0 Å². The van der Waals surface area contributed by atoms with E-state index < -0.39 is 5.97 Å². The third kappa shape index (κ3) is 14.8. The first-order valence-electron chi connectivity index (χ1n) is 4.63. The van der Waals surface area contributed by atoms with Gasteiger partial charge in [0.2, 0.25) is 0 Å². The third-order valence-corrected chi connectivity index (χ3v) is 1.82. The summed E-state index contributed by atoms with van der Waals surface area (Å²) in [4.78, 5) is 10.2. The number of carboxylic acids is 1. The Hall–Kier alpha value is -0.0365. The van der Waals surface area contributed by atoms with Gasteiger partial charge in [0.15, 0.2) is 0 Å². The van der Waals surface area contributed by atoms with Crippen molar-refractivity contribution in [3.63, 3.8) is 0 Å². The van der Waals surface area contributed by atoms with Crippen LogP contribution in [0.1, 0.15) is 52.9 Å². The van der Waals surface area contributed by atoms with E-state index in [2.05, 4.69) is 20.8 Å². The maximum absolute atomic E-state index is 10.2. The molecule has 0 atom stereocenters. The van der Waals surface area contributed by atoms with Crippen molar-refractivity contribution in [3.05, 3.63) is 0 Å². The Morgan fingerprint density at radius 1 is 1.15 bits per heavy atom. The van der Waals surface area contributed by atoms with Crippen LogP contribution >= 0.6 is 0 Å². The first kappa shape index (κ1) is 15.4. The maximum Gasteiger partial charge on any atom is 0.303 e. The average molecular weight is 231 g/mol. The van der Waals surface area contributed by atoms with Gasteiger partial charge >= 0.3 is 5.97 Å². The normalized spacial score (nSPS) is 10.7. The quantitative estimate of drug-likeness (QED) is 0.583. The summed E-state index contributed by atoms with van der Waals surface area (Å²) in [5, 5.41) is 8.37. The van der Waals surface area contributed by atoms with Crippen LogP contribution in [0.3, 0.4) is 0 Å². The summed E-state index contributed by atoms with van der Waals surface area (Å²) >= 11 is 0. The fourth-order valence-corrected chi connectivity index (χ4v) is 1.11. The van der Waals surface area contributed by atoms with Gasteiger partial charge in [-0.25, -0.2) is 0 Å². The minimum Gasteiger partial charge on any atom is -0.481 e. The van der Waals surface area contributed by atoms with Crippen LogP contribution in [-0.4, -0.2) is 11.1 Å². The maximum atomic E-state index is 10.2. The number of aliphatic carboxylic acids is 1. The van der Waals surface area contributed by atoms with Crippen molar-refractivity contribution in [2.24, 2.45) is 5.41 Å². The minimum atomic E-state index is -0.675. The summed E-state index contributed by atoms with van der Waals surface area (Å²) in [6, 6.07) is 0. The zero-order valence-corrected chi connectivity index (χ0v) is 9.69. The number of hydrogen-bond acceptors (Lipinski definition) is 1. The number of hydrogen-bond donors (Lipinski definition) is 1. The van der Waals surface area contributed by atoms with Gasteiger partial charge in [0.05, 0.1) is 0 Å². The number of rotatable bonds is 5. The van der Waals surface area contributed by atoms with E-state index in [1.54, 1.807) is 0 Å². The third-order valence-electron chi connectivity index (χ3n) is 1.82. The van der Waals surface area contributed by atoms with Crippen molar-refractivity contribution in [3.8, 4) is 0 Å². The second kappa shape index (κ2) is 7.38. The Kier molecular flexibility index (Phi) is 8.76. The molecule has 0 aromatic rings. The number of carboxylic acid groups (broad SMARTS) is 1. The molecule has 0 aliphatic heterocycles. The zero-order chi connectivity index (χ0) is 9.61. The second-order valence-corrected chi connectivity index (χ2v) is 4.52. The molecular weight excluding hydrogens is 211 g/mol. The molecule has 0 aromatic heterocycles. The van der Waals surface area contributed by atoms with Crippen LogP contribution in [0.2, 0.25) is 0 Å². The zero-order valence-electron chi connectivity index (χ0n) is 8.71. The van der Waals surface area contributed by atoms with Crippen molar-refractivity contribution >= 4 is 5.97 Å². The van der Waals surface area contributed by atoms with Crippen molar-refractivity contribution in [1.82, 2.24) is 0 Å². The van der Waals surface area contributed by atoms with Crippen LogP contribution in [0.15, 0.2) is 0 Å². The summed E-state index contributed by atoms with van der Waals surface area (Å²) in [5.41, 5.74) is 0.392. The van der Waals surface area contributed by atoms with Crippen molar-refractivity contribution < 1.29 is 26.4 Å². The van der Waals surface area contributed by atoms with E-state index in [0.717, 1.165) is 19.3 Å². The van der Waals surface area contributed by atoms with Crippen LogP contribution in [0.4, 0.5) is 0 Å².